The van der Waals surface area contributed by atoms with Gasteiger partial charge in [-0.05, 0) is 24.3 Å². The summed E-state index contributed by atoms with van der Waals surface area (Å²) in [5.41, 5.74) is 3.12. The molecule has 4 aromatic rings. The molecular formula is C18H14ClN3O2S3. The van der Waals surface area contributed by atoms with Gasteiger partial charge in [0.15, 0.2) is 5.16 Å². The van der Waals surface area contributed by atoms with Crippen molar-refractivity contribution in [3.8, 4) is 10.6 Å². The number of fused-ring (bicyclic) bond motifs is 1. The van der Waals surface area contributed by atoms with Crippen molar-refractivity contribution in [3.63, 3.8) is 0 Å². The maximum atomic E-state index is 12.2. The normalized spacial score (nSPS) is 11.9. The van der Waals surface area contributed by atoms with Crippen LogP contribution in [0.2, 0.25) is 5.02 Å². The van der Waals surface area contributed by atoms with Crippen LogP contribution in [0.3, 0.4) is 0 Å². The molecule has 0 aliphatic carbocycles. The second kappa shape index (κ2) is 7.27. The minimum atomic E-state index is -3.46. The lowest BCUT2D eigenvalue weighted by Gasteiger charge is -2.05. The summed E-state index contributed by atoms with van der Waals surface area (Å²) in [6.07, 6.45) is 1.19. The van der Waals surface area contributed by atoms with Gasteiger partial charge in [0, 0.05) is 21.7 Å². The highest BCUT2D eigenvalue weighted by Crippen LogP contribution is 2.30. The van der Waals surface area contributed by atoms with Crippen molar-refractivity contribution in [1.29, 1.82) is 0 Å². The van der Waals surface area contributed by atoms with Crippen LogP contribution in [0.4, 0.5) is 0 Å². The van der Waals surface area contributed by atoms with Crippen molar-refractivity contribution in [2.75, 3.05) is 6.26 Å². The van der Waals surface area contributed by atoms with E-state index in [0.717, 1.165) is 16.3 Å². The number of hydrogen-bond acceptors (Lipinski definition) is 6. The molecule has 0 saturated heterocycles. The Morgan fingerprint density at radius 3 is 2.59 bits per heavy atom. The number of rotatable bonds is 5. The standard InChI is InChI=1S/C18H14ClN3O2S3/c1-27(23,24)22-16-5-3-2-4-15(16)21-18(22)26-11-14-10-25-17(20-14)12-6-8-13(19)9-7-12/h2-10H,11H2,1H3. The molecule has 0 atom stereocenters. The summed E-state index contributed by atoms with van der Waals surface area (Å²) in [6.45, 7) is 0. The Morgan fingerprint density at radius 1 is 1.11 bits per heavy atom. The summed E-state index contributed by atoms with van der Waals surface area (Å²) in [6, 6.07) is 14.7. The zero-order valence-electron chi connectivity index (χ0n) is 14.2. The second-order valence-corrected chi connectivity index (χ2v) is 9.92. The third kappa shape index (κ3) is 3.89. The van der Waals surface area contributed by atoms with Gasteiger partial charge in [-0.15, -0.1) is 11.3 Å². The number of para-hydroxylation sites is 2. The van der Waals surface area contributed by atoms with Crippen molar-refractivity contribution in [1.82, 2.24) is 13.9 Å². The Balaban J connectivity index is 1.60. The first-order valence-corrected chi connectivity index (χ1v) is 12.0. The van der Waals surface area contributed by atoms with E-state index in [1.165, 1.54) is 22.0 Å². The first-order chi connectivity index (χ1) is 12.9. The molecule has 0 unspecified atom stereocenters. The number of hydrogen-bond donors (Lipinski definition) is 0. The molecule has 0 spiro atoms. The summed E-state index contributed by atoms with van der Waals surface area (Å²) >= 11 is 8.83. The minimum absolute atomic E-state index is 0.444. The third-order valence-corrected chi connectivity index (χ3v) is 7.13. The molecule has 0 radical (unpaired) electrons. The van der Waals surface area contributed by atoms with Crippen molar-refractivity contribution in [2.24, 2.45) is 0 Å². The van der Waals surface area contributed by atoms with Crippen LogP contribution < -0.4 is 0 Å². The van der Waals surface area contributed by atoms with Gasteiger partial charge >= 0.3 is 0 Å². The Kier molecular flexibility index (Phi) is 4.98. The van der Waals surface area contributed by atoms with Crippen LogP contribution in [0.1, 0.15) is 5.69 Å². The lowest BCUT2D eigenvalue weighted by molar-refractivity contribution is 0.590. The van der Waals surface area contributed by atoms with Crippen LogP contribution in [-0.4, -0.2) is 28.6 Å². The second-order valence-electron chi connectivity index (χ2n) is 5.85. The Hall–Kier alpha value is -1.87. The van der Waals surface area contributed by atoms with Crippen LogP contribution in [-0.2, 0) is 15.8 Å². The predicted octanol–water partition coefficient (Wildman–Crippen LogP) is 4.91. The largest absolute Gasteiger partial charge is 0.240 e. The molecule has 4 rings (SSSR count). The summed E-state index contributed by atoms with van der Waals surface area (Å²) in [4.78, 5) is 9.12. The van der Waals surface area contributed by atoms with E-state index in [2.05, 4.69) is 9.97 Å². The van der Waals surface area contributed by atoms with Gasteiger partial charge in [0.05, 0.1) is 23.0 Å². The van der Waals surface area contributed by atoms with Gasteiger partial charge in [-0.2, -0.15) is 0 Å². The molecule has 2 aromatic carbocycles. The summed E-state index contributed by atoms with van der Waals surface area (Å²) in [7, 11) is -3.46. The first-order valence-electron chi connectivity index (χ1n) is 7.93. The molecule has 2 aromatic heterocycles. The quantitative estimate of drug-likeness (QED) is 0.416. The van der Waals surface area contributed by atoms with Crippen LogP contribution in [0, 0.1) is 0 Å². The van der Waals surface area contributed by atoms with Gasteiger partial charge in [0.1, 0.15) is 5.01 Å². The van der Waals surface area contributed by atoms with Gasteiger partial charge in [-0.25, -0.2) is 22.4 Å². The van der Waals surface area contributed by atoms with E-state index >= 15 is 0 Å². The van der Waals surface area contributed by atoms with Crippen LogP contribution in [0.5, 0.6) is 0 Å². The monoisotopic (exact) mass is 435 g/mol. The molecule has 27 heavy (non-hydrogen) atoms. The Labute approximate surface area is 170 Å². The van der Waals surface area contributed by atoms with Crippen LogP contribution >= 0.6 is 34.7 Å². The summed E-state index contributed by atoms with van der Waals surface area (Å²) in [5, 5.41) is 4.01. The van der Waals surface area contributed by atoms with Crippen LogP contribution in [0.25, 0.3) is 21.6 Å². The molecule has 9 heteroatoms. The Morgan fingerprint density at radius 2 is 1.85 bits per heavy atom. The predicted molar refractivity (Wildman–Crippen MR) is 112 cm³/mol. The smallest absolute Gasteiger partial charge is 0.238 e. The van der Waals surface area contributed by atoms with Crippen molar-refractivity contribution in [2.45, 2.75) is 10.9 Å². The van der Waals surface area contributed by atoms with Crippen molar-refractivity contribution < 1.29 is 8.42 Å². The van der Waals surface area contributed by atoms with Gasteiger partial charge in [0.2, 0.25) is 10.0 Å². The molecule has 138 valence electrons. The SMILES string of the molecule is CS(=O)(=O)n1c(SCc2csc(-c3ccc(Cl)cc3)n2)nc2ccccc21. The number of halogens is 1. The summed E-state index contributed by atoms with van der Waals surface area (Å²) in [5.74, 6) is 0.531. The minimum Gasteiger partial charge on any atom is -0.240 e. The zero-order chi connectivity index (χ0) is 19.0. The average Bonchev–Trinajstić information content (AvgIpc) is 3.24. The maximum absolute atomic E-state index is 12.2. The molecule has 0 aliphatic rings. The fourth-order valence-electron chi connectivity index (χ4n) is 2.63. The molecule has 5 nitrogen and oxygen atoms in total. The lowest BCUT2D eigenvalue weighted by atomic mass is 10.2. The highest BCUT2D eigenvalue weighted by Gasteiger charge is 2.18. The van der Waals surface area contributed by atoms with Crippen LogP contribution in [0.15, 0.2) is 59.1 Å². The topological polar surface area (TPSA) is 64.8 Å². The van der Waals surface area contributed by atoms with Crippen molar-refractivity contribution >= 4 is 55.8 Å². The lowest BCUT2D eigenvalue weighted by Crippen LogP contribution is -2.11. The highest BCUT2D eigenvalue weighted by molar-refractivity contribution is 7.99. The number of thiazole rings is 1. The average molecular weight is 436 g/mol. The van der Waals surface area contributed by atoms with Crippen molar-refractivity contribution in [3.05, 3.63) is 64.6 Å². The number of nitrogens with zero attached hydrogens (tertiary/aromatic N) is 3. The van der Waals surface area contributed by atoms with E-state index in [1.807, 2.05) is 41.8 Å². The fourth-order valence-corrected chi connectivity index (χ4v) is 5.89. The van der Waals surface area contributed by atoms with E-state index in [9.17, 15) is 8.42 Å². The van der Waals surface area contributed by atoms with Gasteiger partial charge in [-0.1, -0.05) is 47.6 Å². The number of aromatic nitrogens is 3. The third-order valence-electron chi connectivity index (χ3n) is 3.81. The fraction of sp³-hybridized carbons (Fsp3) is 0.111. The maximum Gasteiger partial charge on any atom is 0.238 e. The van der Waals surface area contributed by atoms with Gasteiger partial charge in [-0.3, -0.25) is 0 Å². The molecule has 0 saturated carbocycles. The van der Waals surface area contributed by atoms with E-state index in [-0.39, 0.29) is 0 Å². The summed E-state index contributed by atoms with van der Waals surface area (Å²) < 4.78 is 25.8. The van der Waals surface area contributed by atoms with E-state index in [4.69, 9.17) is 11.6 Å². The van der Waals surface area contributed by atoms with Gasteiger partial charge < -0.3 is 0 Å². The number of imidazole rings is 1. The zero-order valence-corrected chi connectivity index (χ0v) is 17.4. The highest BCUT2D eigenvalue weighted by atomic mass is 35.5. The Bertz CT molecular complexity index is 1210. The van der Waals surface area contributed by atoms with E-state index in [0.29, 0.717) is 27.0 Å². The number of benzene rings is 2. The molecule has 0 fully saturated rings. The first kappa shape index (κ1) is 18.5. The van der Waals surface area contributed by atoms with Gasteiger partial charge in [0.25, 0.3) is 0 Å². The molecule has 0 amide bonds. The molecule has 0 aliphatic heterocycles. The molecular weight excluding hydrogens is 422 g/mol. The number of thioether (sulfide) groups is 1. The molecule has 2 heterocycles. The van der Waals surface area contributed by atoms with E-state index in [1.54, 1.807) is 23.5 Å². The van der Waals surface area contributed by atoms with E-state index < -0.39 is 10.0 Å². The molecule has 0 N–H and O–H groups in total. The molecule has 0 bridgehead atoms.